The highest BCUT2D eigenvalue weighted by Gasteiger charge is 2.08. The molecule has 3 N–H and O–H groups in total. The average molecular weight is 383 g/mol. The number of carbonyl (C=O) groups is 2. The summed E-state index contributed by atoms with van der Waals surface area (Å²) in [6.07, 6.45) is 2.51. The summed E-state index contributed by atoms with van der Waals surface area (Å²) in [4.78, 5) is 23.8. The van der Waals surface area contributed by atoms with Crippen molar-refractivity contribution in [2.24, 2.45) is 0 Å². The molecule has 0 aliphatic carbocycles. The lowest BCUT2D eigenvalue weighted by Gasteiger charge is -2.10. The summed E-state index contributed by atoms with van der Waals surface area (Å²) >= 11 is 0. The number of hydrogen-bond donors (Lipinski definition) is 3. The smallest absolute Gasteiger partial charge is 0.319 e. The van der Waals surface area contributed by atoms with E-state index in [-0.39, 0.29) is 11.9 Å². The van der Waals surface area contributed by atoms with Crippen LogP contribution in [0.1, 0.15) is 12.0 Å². The van der Waals surface area contributed by atoms with E-state index in [4.69, 9.17) is 9.47 Å². The van der Waals surface area contributed by atoms with Gasteiger partial charge in [0.25, 0.3) is 0 Å². The van der Waals surface area contributed by atoms with E-state index < -0.39 is 0 Å². The van der Waals surface area contributed by atoms with Crippen LogP contribution in [-0.4, -0.2) is 32.7 Å². The fourth-order valence-corrected chi connectivity index (χ4v) is 2.49. The van der Waals surface area contributed by atoms with Crippen molar-refractivity contribution in [3.8, 4) is 11.5 Å². The van der Waals surface area contributed by atoms with Gasteiger partial charge in [-0.1, -0.05) is 12.1 Å². The molecule has 0 fully saturated rings. The summed E-state index contributed by atoms with van der Waals surface area (Å²) < 4.78 is 10.5. The molecule has 0 aliphatic heterocycles. The molecule has 7 nitrogen and oxygen atoms in total. The van der Waals surface area contributed by atoms with Crippen molar-refractivity contribution in [1.29, 1.82) is 0 Å². The third-order valence-electron chi connectivity index (χ3n) is 3.92. The number of urea groups is 1. The number of benzene rings is 2. The van der Waals surface area contributed by atoms with Gasteiger partial charge in [0.05, 0.1) is 14.2 Å². The molecule has 2 aromatic carbocycles. The number of hydrogen-bond acceptors (Lipinski definition) is 4. The fourth-order valence-electron chi connectivity index (χ4n) is 2.49. The van der Waals surface area contributed by atoms with Crippen LogP contribution in [0.15, 0.2) is 55.1 Å². The SMILES string of the molecule is C=CCNC(=O)Nc1ccc(NC(=O)CCc2ccc(OC)c(OC)c2)cc1. The molecule has 0 heterocycles. The van der Waals surface area contributed by atoms with E-state index in [2.05, 4.69) is 22.5 Å². The van der Waals surface area contributed by atoms with Crippen LogP contribution in [0.5, 0.6) is 11.5 Å². The van der Waals surface area contributed by atoms with Gasteiger partial charge in [0.15, 0.2) is 11.5 Å². The fraction of sp³-hybridized carbons (Fsp3) is 0.238. The molecule has 0 aromatic heterocycles. The van der Waals surface area contributed by atoms with Gasteiger partial charge < -0.3 is 25.4 Å². The van der Waals surface area contributed by atoms with E-state index in [9.17, 15) is 9.59 Å². The van der Waals surface area contributed by atoms with Crippen molar-refractivity contribution in [3.63, 3.8) is 0 Å². The zero-order valence-corrected chi connectivity index (χ0v) is 16.1. The maximum atomic E-state index is 12.2. The lowest BCUT2D eigenvalue weighted by Crippen LogP contribution is -2.28. The Morgan fingerprint density at radius 3 is 2.21 bits per heavy atom. The molecule has 7 heteroatoms. The number of aryl methyl sites for hydroxylation is 1. The van der Waals surface area contributed by atoms with Crippen molar-refractivity contribution in [1.82, 2.24) is 5.32 Å². The molecule has 28 heavy (non-hydrogen) atoms. The van der Waals surface area contributed by atoms with Gasteiger partial charge in [0.2, 0.25) is 5.91 Å². The van der Waals surface area contributed by atoms with E-state index in [1.54, 1.807) is 44.6 Å². The van der Waals surface area contributed by atoms with Gasteiger partial charge in [0.1, 0.15) is 0 Å². The van der Waals surface area contributed by atoms with Gasteiger partial charge in [-0.25, -0.2) is 4.79 Å². The standard InChI is InChI=1S/C21H25N3O4/c1-4-13-22-21(26)24-17-9-7-16(8-10-17)23-20(25)12-6-15-5-11-18(27-2)19(14-15)28-3/h4-5,7-11,14H,1,6,12-13H2,2-3H3,(H,23,25)(H2,22,24,26). The first kappa shape index (κ1) is 20.8. The first-order valence-electron chi connectivity index (χ1n) is 8.82. The summed E-state index contributed by atoms with van der Waals surface area (Å²) in [5.41, 5.74) is 2.28. The zero-order chi connectivity index (χ0) is 20.4. The maximum Gasteiger partial charge on any atom is 0.319 e. The predicted octanol–water partition coefficient (Wildman–Crippen LogP) is 3.58. The minimum atomic E-state index is -0.313. The zero-order valence-electron chi connectivity index (χ0n) is 16.1. The Hall–Kier alpha value is -3.48. The molecule has 0 spiro atoms. The van der Waals surface area contributed by atoms with Gasteiger partial charge in [-0.2, -0.15) is 0 Å². The number of methoxy groups -OCH3 is 2. The molecule has 2 aromatic rings. The molecule has 3 amide bonds. The summed E-state index contributed by atoms with van der Waals surface area (Å²) in [6.45, 7) is 3.92. The third kappa shape index (κ3) is 6.35. The van der Waals surface area contributed by atoms with Crippen LogP contribution in [0.4, 0.5) is 16.2 Å². The number of ether oxygens (including phenoxy) is 2. The summed E-state index contributed by atoms with van der Waals surface area (Å²) in [7, 11) is 3.16. The minimum absolute atomic E-state index is 0.0979. The predicted molar refractivity (Wildman–Crippen MR) is 110 cm³/mol. The molecule has 0 atom stereocenters. The number of amides is 3. The second-order valence-corrected chi connectivity index (χ2v) is 5.94. The summed E-state index contributed by atoms with van der Waals surface area (Å²) in [5, 5.41) is 8.15. The van der Waals surface area contributed by atoms with Crippen molar-refractivity contribution in [3.05, 3.63) is 60.7 Å². The number of anilines is 2. The van der Waals surface area contributed by atoms with Crippen LogP contribution in [0.3, 0.4) is 0 Å². The summed E-state index contributed by atoms with van der Waals surface area (Å²) in [6, 6.07) is 12.2. The van der Waals surface area contributed by atoms with Gasteiger partial charge in [-0.15, -0.1) is 6.58 Å². The van der Waals surface area contributed by atoms with Crippen LogP contribution in [0.2, 0.25) is 0 Å². The molecule has 148 valence electrons. The lowest BCUT2D eigenvalue weighted by atomic mass is 10.1. The quantitative estimate of drug-likeness (QED) is 0.578. The van der Waals surface area contributed by atoms with Crippen LogP contribution in [0, 0.1) is 0 Å². The first-order chi connectivity index (χ1) is 13.5. The Kier molecular flexibility index (Phi) is 7.90. The molecule has 0 radical (unpaired) electrons. The minimum Gasteiger partial charge on any atom is -0.493 e. The van der Waals surface area contributed by atoms with E-state index >= 15 is 0 Å². The molecular weight excluding hydrogens is 358 g/mol. The van der Waals surface area contributed by atoms with Crippen molar-refractivity contribution >= 4 is 23.3 Å². The lowest BCUT2D eigenvalue weighted by molar-refractivity contribution is -0.116. The van der Waals surface area contributed by atoms with E-state index in [1.807, 2.05) is 18.2 Å². The highest BCUT2D eigenvalue weighted by Crippen LogP contribution is 2.28. The molecule has 0 saturated heterocycles. The maximum absolute atomic E-state index is 12.2. The molecule has 2 rings (SSSR count). The second-order valence-electron chi connectivity index (χ2n) is 5.94. The van der Waals surface area contributed by atoms with E-state index in [1.165, 1.54) is 0 Å². The van der Waals surface area contributed by atoms with Crippen molar-refractivity contribution < 1.29 is 19.1 Å². The summed E-state index contributed by atoms with van der Waals surface area (Å²) in [5.74, 6) is 1.20. The largest absolute Gasteiger partial charge is 0.493 e. The topological polar surface area (TPSA) is 88.7 Å². The Bertz CT molecular complexity index is 819. The monoisotopic (exact) mass is 383 g/mol. The molecule has 0 unspecified atom stereocenters. The van der Waals surface area contributed by atoms with E-state index in [0.29, 0.717) is 42.3 Å². The van der Waals surface area contributed by atoms with Gasteiger partial charge in [0, 0.05) is 24.3 Å². The van der Waals surface area contributed by atoms with Crippen LogP contribution < -0.4 is 25.4 Å². The van der Waals surface area contributed by atoms with Crippen LogP contribution >= 0.6 is 0 Å². The average Bonchev–Trinajstić information content (AvgIpc) is 2.71. The normalized spacial score (nSPS) is 9.93. The second kappa shape index (κ2) is 10.6. The Morgan fingerprint density at radius 2 is 1.61 bits per heavy atom. The molecule has 0 aliphatic rings. The van der Waals surface area contributed by atoms with Crippen LogP contribution in [-0.2, 0) is 11.2 Å². The molecule has 0 bridgehead atoms. The van der Waals surface area contributed by atoms with Crippen molar-refractivity contribution in [2.45, 2.75) is 12.8 Å². The highest BCUT2D eigenvalue weighted by molar-refractivity contribution is 5.92. The van der Waals surface area contributed by atoms with E-state index in [0.717, 1.165) is 5.56 Å². The number of rotatable bonds is 9. The molecular formula is C21H25N3O4. The Balaban J connectivity index is 1.84. The third-order valence-corrected chi connectivity index (χ3v) is 3.92. The van der Waals surface area contributed by atoms with Gasteiger partial charge >= 0.3 is 6.03 Å². The van der Waals surface area contributed by atoms with Crippen LogP contribution in [0.25, 0.3) is 0 Å². The van der Waals surface area contributed by atoms with Crippen molar-refractivity contribution in [2.75, 3.05) is 31.4 Å². The number of nitrogens with one attached hydrogen (secondary N) is 3. The number of carbonyl (C=O) groups excluding carboxylic acids is 2. The van der Waals surface area contributed by atoms with Gasteiger partial charge in [-0.05, 0) is 48.4 Å². The first-order valence-corrected chi connectivity index (χ1v) is 8.82. The Labute approximate surface area is 164 Å². The highest BCUT2D eigenvalue weighted by atomic mass is 16.5. The van der Waals surface area contributed by atoms with Gasteiger partial charge in [-0.3, -0.25) is 4.79 Å². The molecule has 0 saturated carbocycles. The Morgan fingerprint density at radius 1 is 0.964 bits per heavy atom.